The van der Waals surface area contributed by atoms with E-state index >= 15 is 0 Å². The van der Waals surface area contributed by atoms with Gasteiger partial charge in [-0.1, -0.05) is 63.2 Å². The Kier molecular flexibility index (Phi) is 9.91. The molecule has 0 fully saturated rings. The first-order valence-corrected chi connectivity index (χ1v) is 13.2. The highest BCUT2D eigenvalue weighted by atomic mass is 32.2. The summed E-state index contributed by atoms with van der Waals surface area (Å²) in [5.74, 6) is -0.663. The Bertz CT molecular complexity index is 1010. The molecule has 2 aromatic rings. The van der Waals surface area contributed by atoms with Gasteiger partial charge in [0.05, 0.1) is 11.9 Å². The zero-order valence-electron chi connectivity index (χ0n) is 20.0. The highest BCUT2D eigenvalue weighted by Crippen LogP contribution is 2.20. The largest absolute Gasteiger partial charge is 0.354 e. The molecule has 0 unspecified atom stereocenters. The summed E-state index contributed by atoms with van der Waals surface area (Å²) in [7, 11) is -3.72. The molecule has 2 amide bonds. The van der Waals surface area contributed by atoms with Gasteiger partial charge in [0.2, 0.25) is 21.8 Å². The topological polar surface area (TPSA) is 86.8 Å². The standard InChI is InChI=1S/C25H35N3O4S/c1-5-17-26-25(30)23(7-3)27(18-21-11-9-8-10-12-21)24(29)19-28(33(4,31)32)22-15-13-20(6-2)14-16-22/h8-16,23H,5-7,17-19H2,1-4H3,(H,26,30)/t23-/m1/s1. The molecule has 8 heteroatoms. The van der Waals surface area contributed by atoms with E-state index in [-0.39, 0.29) is 19.0 Å². The molecule has 1 N–H and O–H groups in total. The molecular weight excluding hydrogens is 438 g/mol. The molecule has 0 aromatic heterocycles. The third-order valence-corrected chi connectivity index (χ3v) is 6.58. The lowest BCUT2D eigenvalue weighted by molar-refractivity contribution is -0.140. The first kappa shape index (κ1) is 26.4. The van der Waals surface area contributed by atoms with E-state index in [0.29, 0.717) is 18.7 Å². The minimum atomic E-state index is -3.72. The van der Waals surface area contributed by atoms with E-state index in [1.54, 1.807) is 12.1 Å². The van der Waals surface area contributed by atoms with E-state index in [1.165, 1.54) is 4.90 Å². The lowest BCUT2D eigenvalue weighted by Crippen LogP contribution is -2.52. The van der Waals surface area contributed by atoms with Crippen LogP contribution in [0.1, 0.15) is 44.7 Å². The number of nitrogens with zero attached hydrogens (tertiary/aromatic N) is 2. The molecule has 0 aliphatic rings. The van der Waals surface area contributed by atoms with Crippen molar-refractivity contribution in [2.75, 3.05) is 23.7 Å². The van der Waals surface area contributed by atoms with Crippen molar-refractivity contribution < 1.29 is 18.0 Å². The van der Waals surface area contributed by atoms with Crippen molar-refractivity contribution in [3.05, 3.63) is 65.7 Å². The Morgan fingerprint density at radius 3 is 2.09 bits per heavy atom. The molecule has 0 radical (unpaired) electrons. The number of amides is 2. The fourth-order valence-corrected chi connectivity index (χ4v) is 4.43. The maximum atomic E-state index is 13.5. The highest BCUT2D eigenvalue weighted by Gasteiger charge is 2.31. The number of hydrogen-bond donors (Lipinski definition) is 1. The first-order valence-electron chi connectivity index (χ1n) is 11.4. The van der Waals surface area contributed by atoms with Crippen molar-refractivity contribution in [2.24, 2.45) is 0 Å². The fourth-order valence-electron chi connectivity index (χ4n) is 3.58. The van der Waals surface area contributed by atoms with E-state index in [0.717, 1.165) is 34.5 Å². The zero-order valence-corrected chi connectivity index (χ0v) is 20.8. The van der Waals surface area contributed by atoms with Gasteiger partial charge in [0, 0.05) is 13.1 Å². The van der Waals surface area contributed by atoms with Gasteiger partial charge in [-0.3, -0.25) is 13.9 Å². The summed E-state index contributed by atoms with van der Waals surface area (Å²) in [6.45, 7) is 6.17. The summed E-state index contributed by atoms with van der Waals surface area (Å²) in [5, 5.41) is 2.87. The van der Waals surface area contributed by atoms with Crippen LogP contribution in [0.15, 0.2) is 54.6 Å². The van der Waals surface area contributed by atoms with E-state index in [4.69, 9.17) is 0 Å². The first-order chi connectivity index (χ1) is 15.7. The van der Waals surface area contributed by atoms with Crippen molar-refractivity contribution in [2.45, 2.75) is 52.6 Å². The lowest BCUT2D eigenvalue weighted by atomic mass is 10.1. The number of anilines is 1. The molecule has 0 saturated carbocycles. The van der Waals surface area contributed by atoms with Crippen molar-refractivity contribution in [3.63, 3.8) is 0 Å². The van der Waals surface area contributed by atoms with Crippen LogP contribution in [0.3, 0.4) is 0 Å². The second-order valence-electron chi connectivity index (χ2n) is 8.01. The third kappa shape index (κ3) is 7.60. The number of nitrogens with one attached hydrogen (secondary N) is 1. The van der Waals surface area contributed by atoms with E-state index in [2.05, 4.69) is 5.32 Å². The Balaban J connectivity index is 2.38. The Morgan fingerprint density at radius 2 is 1.58 bits per heavy atom. The van der Waals surface area contributed by atoms with Crippen LogP contribution in [0.4, 0.5) is 5.69 Å². The van der Waals surface area contributed by atoms with Gasteiger partial charge in [-0.05, 0) is 42.5 Å². The Morgan fingerprint density at radius 1 is 0.939 bits per heavy atom. The number of benzene rings is 2. The van der Waals surface area contributed by atoms with Crippen molar-refractivity contribution >= 4 is 27.5 Å². The second kappa shape index (κ2) is 12.4. The highest BCUT2D eigenvalue weighted by molar-refractivity contribution is 7.92. The van der Waals surface area contributed by atoms with E-state index in [9.17, 15) is 18.0 Å². The molecule has 0 heterocycles. The van der Waals surface area contributed by atoms with Gasteiger partial charge < -0.3 is 10.2 Å². The molecule has 180 valence electrons. The van der Waals surface area contributed by atoms with Crippen LogP contribution in [0, 0.1) is 0 Å². The number of carbonyl (C=O) groups is 2. The SMILES string of the molecule is CCCNC(=O)[C@@H](CC)N(Cc1ccccc1)C(=O)CN(c1ccc(CC)cc1)S(C)(=O)=O. The molecule has 2 aromatic carbocycles. The molecule has 0 spiro atoms. The normalized spacial score (nSPS) is 12.1. The molecule has 7 nitrogen and oxygen atoms in total. The van der Waals surface area contributed by atoms with Crippen LogP contribution in [-0.2, 0) is 32.6 Å². The molecule has 0 bridgehead atoms. The smallest absolute Gasteiger partial charge is 0.244 e. The molecule has 2 rings (SSSR count). The molecule has 0 aliphatic heterocycles. The zero-order chi connectivity index (χ0) is 24.4. The van der Waals surface area contributed by atoms with Crippen LogP contribution >= 0.6 is 0 Å². The average Bonchev–Trinajstić information content (AvgIpc) is 2.81. The molecule has 33 heavy (non-hydrogen) atoms. The quantitative estimate of drug-likeness (QED) is 0.512. The van der Waals surface area contributed by atoms with Crippen molar-refractivity contribution in [3.8, 4) is 0 Å². The van der Waals surface area contributed by atoms with E-state index < -0.39 is 22.0 Å². The van der Waals surface area contributed by atoms with Crippen molar-refractivity contribution in [1.29, 1.82) is 0 Å². The van der Waals surface area contributed by atoms with Gasteiger partial charge in [0.25, 0.3) is 0 Å². The average molecular weight is 474 g/mol. The third-order valence-electron chi connectivity index (χ3n) is 5.44. The molecule has 0 aliphatic carbocycles. The summed E-state index contributed by atoms with van der Waals surface area (Å²) in [6.07, 6.45) is 3.11. The predicted molar refractivity (Wildman–Crippen MR) is 132 cm³/mol. The number of aryl methyl sites for hydroxylation is 1. The van der Waals surface area contributed by atoms with Gasteiger partial charge in [0.1, 0.15) is 12.6 Å². The summed E-state index contributed by atoms with van der Waals surface area (Å²) >= 11 is 0. The molecule has 0 saturated heterocycles. The van der Waals surface area contributed by atoms with Gasteiger partial charge in [-0.2, -0.15) is 0 Å². The fraction of sp³-hybridized carbons (Fsp3) is 0.440. The van der Waals surface area contributed by atoms with Gasteiger partial charge in [-0.25, -0.2) is 8.42 Å². The lowest BCUT2D eigenvalue weighted by Gasteiger charge is -2.33. The maximum Gasteiger partial charge on any atom is 0.244 e. The summed E-state index contributed by atoms with van der Waals surface area (Å²) in [4.78, 5) is 27.9. The van der Waals surface area contributed by atoms with Gasteiger partial charge in [0.15, 0.2) is 0 Å². The number of sulfonamides is 1. The van der Waals surface area contributed by atoms with Crippen LogP contribution < -0.4 is 9.62 Å². The molecular formula is C25H35N3O4S. The number of hydrogen-bond acceptors (Lipinski definition) is 4. The maximum absolute atomic E-state index is 13.5. The van der Waals surface area contributed by atoms with Crippen molar-refractivity contribution in [1.82, 2.24) is 10.2 Å². The molecule has 1 atom stereocenters. The Labute approximate surface area is 197 Å². The summed E-state index contributed by atoms with van der Waals surface area (Å²) in [6, 6.07) is 15.8. The predicted octanol–water partition coefficient (Wildman–Crippen LogP) is 3.35. The number of carbonyl (C=O) groups excluding carboxylic acids is 2. The summed E-state index contributed by atoms with van der Waals surface area (Å²) < 4.78 is 26.3. The van der Waals surface area contributed by atoms with Crippen LogP contribution in [0.25, 0.3) is 0 Å². The van der Waals surface area contributed by atoms with Gasteiger partial charge >= 0.3 is 0 Å². The van der Waals surface area contributed by atoms with Crippen LogP contribution in [0.5, 0.6) is 0 Å². The number of rotatable bonds is 12. The van der Waals surface area contributed by atoms with E-state index in [1.807, 2.05) is 63.2 Å². The van der Waals surface area contributed by atoms with Gasteiger partial charge in [-0.15, -0.1) is 0 Å². The van der Waals surface area contributed by atoms with Crippen LogP contribution in [-0.4, -0.2) is 50.5 Å². The minimum absolute atomic E-state index is 0.212. The monoisotopic (exact) mass is 473 g/mol. The summed E-state index contributed by atoms with van der Waals surface area (Å²) in [5.41, 5.74) is 2.36. The second-order valence-corrected chi connectivity index (χ2v) is 9.92. The minimum Gasteiger partial charge on any atom is -0.354 e. The van der Waals surface area contributed by atoms with Crippen LogP contribution in [0.2, 0.25) is 0 Å². The Hall–Kier alpha value is -2.87.